The van der Waals surface area contributed by atoms with Crippen LogP contribution in [0.25, 0.3) is 0 Å². The van der Waals surface area contributed by atoms with E-state index in [1.807, 2.05) is 22.6 Å². The Labute approximate surface area is 127 Å². The molecule has 0 saturated heterocycles. The summed E-state index contributed by atoms with van der Waals surface area (Å²) in [5, 5.41) is 11.5. The molecule has 0 radical (unpaired) electrons. The lowest BCUT2D eigenvalue weighted by molar-refractivity contribution is 0.0697. The van der Waals surface area contributed by atoms with Crippen molar-refractivity contribution in [1.82, 2.24) is 0 Å². The normalized spacial score (nSPS) is 10.1. The van der Waals surface area contributed by atoms with Crippen LogP contribution in [0, 0.1) is 9.39 Å². The van der Waals surface area contributed by atoms with Gasteiger partial charge in [0.15, 0.2) is 0 Å². The van der Waals surface area contributed by atoms with Crippen LogP contribution in [0.4, 0.5) is 10.1 Å². The zero-order valence-corrected chi connectivity index (χ0v) is 12.2. The molecule has 0 aliphatic carbocycles. The van der Waals surface area contributed by atoms with E-state index in [-0.39, 0.29) is 16.9 Å². The summed E-state index contributed by atoms with van der Waals surface area (Å²) in [6, 6.07) is 9.69. The van der Waals surface area contributed by atoms with Crippen LogP contribution in [0.5, 0.6) is 0 Å². The minimum atomic E-state index is -1.10. The van der Waals surface area contributed by atoms with E-state index in [2.05, 4.69) is 5.32 Å². The highest BCUT2D eigenvalue weighted by Crippen LogP contribution is 2.20. The minimum Gasteiger partial charge on any atom is -0.478 e. The molecule has 2 rings (SSSR count). The average molecular weight is 385 g/mol. The fourth-order valence-corrected chi connectivity index (χ4v) is 2.19. The predicted molar refractivity (Wildman–Crippen MR) is 80.5 cm³/mol. The Balaban J connectivity index is 2.24. The van der Waals surface area contributed by atoms with E-state index in [1.165, 1.54) is 42.5 Å². The van der Waals surface area contributed by atoms with Crippen molar-refractivity contribution in [2.75, 3.05) is 5.32 Å². The molecule has 4 nitrogen and oxygen atoms in total. The maximum atomic E-state index is 13.0. The van der Waals surface area contributed by atoms with Crippen molar-refractivity contribution in [1.29, 1.82) is 0 Å². The van der Waals surface area contributed by atoms with E-state index in [0.29, 0.717) is 9.26 Å². The van der Waals surface area contributed by atoms with Crippen LogP contribution < -0.4 is 5.32 Å². The number of carbonyl (C=O) groups is 2. The molecular formula is C14H9FINO3. The van der Waals surface area contributed by atoms with E-state index in [1.54, 1.807) is 0 Å². The SMILES string of the molecule is O=C(O)c1cccc(C(=O)Nc2ccc(F)cc2I)c1. The van der Waals surface area contributed by atoms with Gasteiger partial charge in [-0.3, -0.25) is 4.79 Å². The van der Waals surface area contributed by atoms with Gasteiger partial charge in [0.1, 0.15) is 5.82 Å². The van der Waals surface area contributed by atoms with Gasteiger partial charge in [0, 0.05) is 9.13 Å². The van der Waals surface area contributed by atoms with Crippen LogP contribution in [0.1, 0.15) is 20.7 Å². The van der Waals surface area contributed by atoms with Crippen molar-refractivity contribution >= 4 is 40.2 Å². The van der Waals surface area contributed by atoms with E-state index in [4.69, 9.17) is 5.11 Å². The fraction of sp³-hybridized carbons (Fsp3) is 0. The molecule has 1 amide bonds. The molecule has 0 aliphatic rings. The third kappa shape index (κ3) is 3.32. The minimum absolute atomic E-state index is 0.0338. The molecule has 0 aliphatic heterocycles. The van der Waals surface area contributed by atoms with Crippen LogP contribution in [-0.4, -0.2) is 17.0 Å². The Morgan fingerprint density at radius 2 is 1.80 bits per heavy atom. The number of nitrogens with one attached hydrogen (secondary N) is 1. The highest BCUT2D eigenvalue weighted by molar-refractivity contribution is 14.1. The van der Waals surface area contributed by atoms with Crippen LogP contribution in [0.3, 0.4) is 0 Å². The van der Waals surface area contributed by atoms with Crippen molar-refractivity contribution in [3.8, 4) is 0 Å². The van der Waals surface area contributed by atoms with Gasteiger partial charge in [-0.25, -0.2) is 9.18 Å². The molecule has 0 bridgehead atoms. The van der Waals surface area contributed by atoms with Crippen LogP contribution in [0.2, 0.25) is 0 Å². The topological polar surface area (TPSA) is 66.4 Å². The third-order valence-electron chi connectivity index (χ3n) is 2.55. The molecule has 2 aromatic rings. The Hall–Kier alpha value is -1.96. The average Bonchev–Trinajstić information content (AvgIpc) is 2.42. The maximum Gasteiger partial charge on any atom is 0.335 e. The molecule has 0 unspecified atom stereocenters. The molecule has 0 spiro atoms. The van der Waals surface area contributed by atoms with Gasteiger partial charge in [0.2, 0.25) is 0 Å². The number of rotatable bonds is 3. The number of carboxylic acid groups (broad SMARTS) is 1. The van der Waals surface area contributed by atoms with Crippen molar-refractivity contribution in [3.63, 3.8) is 0 Å². The second kappa shape index (κ2) is 6.00. The van der Waals surface area contributed by atoms with Crippen molar-refractivity contribution in [2.45, 2.75) is 0 Å². The molecule has 102 valence electrons. The molecule has 2 N–H and O–H groups in total. The summed E-state index contributed by atoms with van der Waals surface area (Å²) in [6.07, 6.45) is 0. The summed E-state index contributed by atoms with van der Waals surface area (Å²) in [5.41, 5.74) is 0.731. The Morgan fingerprint density at radius 1 is 1.10 bits per heavy atom. The highest BCUT2D eigenvalue weighted by atomic mass is 127. The van der Waals surface area contributed by atoms with Gasteiger partial charge in [-0.1, -0.05) is 6.07 Å². The van der Waals surface area contributed by atoms with Gasteiger partial charge in [-0.15, -0.1) is 0 Å². The molecule has 0 aromatic heterocycles. The first-order valence-corrected chi connectivity index (χ1v) is 6.65. The molecule has 0 atom stereocenters. The molecule has 0 fully saturated rings. The Kier molecular flexibility index (Phi) is 4.33. The van der Waals surface area contributed by atoms with Crippen molar-refractivity contribution < 1.29 is 19.1 Å². The largest absolute Gasteiger partial charge is 0.478 e. The van der Waals surface area contributed by atoms with Gasteiger partial charge in [-0.2, -0.15) is 0 Å². The lowest BCUT2D eigenvalue weighted by atomic mass is 10.1. The van der Waals surface area contributed by atoms with E-state index in [9.17, 15) is 14.0 Å². The summed E-state index contributed by atoms with van der Waals surface area (Å²) in [7, 11) is 0. The Morgan fingerprint density at radius 3 is 2.45 bits per heavy atom. The number of aromatic carboxylic acids is 1. The molecule has 0 saturated carbocycles. The summed E-state index contributed by atoms with van der Waals surface area (Å²) in [5.74, 6) is -1.94. The van der Waals surface area contributed by atoms with Gasteiger partial charge in [0.05, 0.1) is 11.3 Å². The van der Waals surface area contributed by atoms with Crippen molar-refractivity contribution in [3.05, 3.63) is 63.0 Å². The number of carbonyl (C=O) groups excluding carboxylic acids is 1. The van der Waals surface area contributed by atoms with Crippen LogP contribution in [-0.2, 0) is 0 Å². The fourth-order valence-electron chi connectivity index (χ4n) is 1.58. The van der Waals surface area contributed by atoms with Gasteiger partial charge < -0.3 is 10.4 Å². The predicted octanol–water partition coefficient (Wildman–Crippen LogP) is 3.38. The highest BCUT2D eigenvalue weighted by Gasteiger charge is 2.11. The number of benzene rings is 2. The first kappa shape index (κ1) is 14.4. The van der Waals surface area contributed by atoms with Crippen molar-refractivity contribution in [2.24, 2.45) is 0 Å². The van der Waals surface area contributed by atoms with Gasteiger partial charge in [0.25, 0.3) is 5.91 Å². The van der Waals surface area contributed by atoms with Crippen LogP contribution in [0.15, 0.2) is 42.5 Å². The number of hydrogen-bond donors (Lipinski definition) is 2. The third-order valence-corrected chi connectivity index (χ3v) is 3.44. The number of anilines is 1. The first-order valence-electron chi connectivity index (χ1n) is 5.57. The Bertz CT molecular complexity index is 688. The lowest BCUT2D eigenvalue weighted by Gasteiger charge is -2.08. The molecule has 6 heteroatoms. The summed E-state index contributed by atoms with van der Waals surface area (Å²) in [4.78, 5) is 22.9. The molecule has 2 aromatic carbocycles. The molecule has 0 heterocycles. The molecule has 20 heavy (non-hydrogen) atoms. The van der Waals surface area contributed by atoms with Crippen LogP contribution >= 0.6 is 22.6 Å². The van der Waals surface area contributed by atoms with Gasteiger partial charge in [-0.05, 0) is 59.0 Å². The number of halogens is 2. The first-order chi connectivity index (χ1) is 9.47. The number of amides is 1. The standard InChI is InChI=1S/C14H9FINO3/c15-10-4-5-12(11(16)7-10)17-13(18)8-2-1-3-9(6-8)14(19)20/h1-7H,(H,17,18)(H,19,20). The zero-order chi connectivity index (χ0) is 14.7. The maximum absolute atomic E-state index is 13.0. The van der Waals surface area contributed by atoms with E-state index in [0.717, 1.165) is 0 Å². The van der Waals surface area contributed by atoms with E-state index >= 15 is 0 Å². The second-order valence-corrected chi connectivity index (χ2v) is 5.13. The summed E-state index contributed by atoms with van der Waals surface area (Å²) >= 11 is 1.91. The number of hydrogen-bond acceptors (Lipinski definition) is 2. The quantitative estimate of drug-likeness (QED) is 0.797. The summed E-state index contributed by atoms with van der Waals surface area (Å²) in [6.45, 7) is 0. The second-order valence-electron chi connectivity index (χ2n) is 3.96. The smallest absolute Gasteiger partial charge is 0.335 e. The lowest BCUT2D eigenvalue weighted by Crippen LogP contribution is -2.13. The number of carboxylic acids is 1. The molecular weight excluding hydrogens is 376 g/mol. The summed E-state index contributed by atoms with van der Waals surface area (Å²) < 4.78 is 13.5. The monoisotopic (exact) mass is 385 g/mol. The zero-order valence-electron chi connectivity index (χ0n) is 10.1. The van der Waals surface area contributed by atoms with E-state index < -0.39 is 11.9 Å². The van der Waals surface area contributed by atoms with Gasteiger partial charge >= 0.3 is 5.97 Å².